The fourth-order valence-electron chi connectivity index (χ4n) is 2.18. The van der Waals surface area contributed by atoms with Gasteiger partial charge in [-0.25, -0.2) is 0 Å². The number of halogens is 1. The number of benzene rings is 1. The monoisotopic (exact) mass is 291 g/mol. The molecule has 1 aromatic carbocycles. The highest BCUT2D eigenvalue weighted by Gasteiger charge is 2.09. The Morgan fingerprint density at radius 3 is 2.55 bits per heavy atom. The van der Waals surface area contributed by atoms with Crippen molar-refractivity contribution >= 4 is 11.6 Å². The lowest BCUT2D eigenvalue weighted by molar-refractivity contribution is 0.190. The maximum absolute atomic E-state index is 12.4. The third-order valence-electron chi connectivity index (χ3n) is 3.20. The summed E-state index contributed by atoms with van der Waals surface area (Å²) in [5.41, 5.74) is 2.56. The van der Waals surface area contributed by atoms with E-state index in [1.165, 1.54) is 0 Å². The van der Waals surface area contributed by atoms with Crippen molar-refractivity contribution in [2.75, 3.05) is 13.7 Å². The minimum atomic E-state index is -0.0162. The van der Waals surface area contributed by atoms with Gasteiger partial charge < -0.3 is 9.30 Å². The summed E-state index contributed by atoms with van der Waals surface area (Å²) in [6.07, 6.45) is 0.794. The number of aromatic nitrogens is 1. The molecule has 0 aliphatic rings. The van der Waals surface area contributed by atoms with E-state index < -0.39 is 0 Å². The van der Waals surface area contributed by atoms with Crippen molar-refractivity contribution < 1.29 is 4.74 Å². The molecule has 0 saturated heterocycles. The van der Waals surface area contributed by atoms with Gasteiger partial charge in [0.2, 0.25) is 0 Å². The molecule has 0 unspecified atom stereocenters. The van der Waals surface area contributed by atoms with E-state index in [0.717, 1.165) is 17.7 Å². The van der Waals surface area contributed by atoms with Crippen LogP contribution >= 0.6 is 11.6 Å². The minimum Gasteiger partial charge on any atom is -0.385 e. The van der Waals surface area contributed by atoms with Gasteiger partial charge in [-0.3, -0.25) is 4.79 Å². The van der Waals surface area contributed by atoms with E-state index in [0.29, 0.717) is 18.7 Å². The summed E-state index contributed by atoms with van der Waals surface area (Å²) in [6, 6.07) is 13.7. The van der Waals surface area contributed by atoms with Crippen LogP contribution < -0.4 is 5.56 Å². The van der Waals surface area contributed by atoms with Crippen LogP contribution in [0.2, 0.25) is 0 Å². The first-order valence-corrected chi connectivity index (χ1v) is 7.14. The maximum atomic E-state index is 12.4. The highest BCUT2D eigenvalue weighted by molar-refractivity contribution is 6.17. The summed E-state index contributed by atoms with van der Waals surface area (Å²) in [6.45, 7) is 1.26. The van der Waals surface area contributed by atoms with Crippen molar-refractivity contribution in [2.45, 2.75) is 18.8 Å². The molecule has 0 saturated carbocycles. The number of nitrogens with zero attached hydrogens (tertiary/aromatic N) is 1. The van der Waals surface area contributed by atoms with Crippen LogP contribution in [-0.2, 0) is 17.2 Å². The molecule has 0 fully saturated rings. The molecule has 1 heterocycles. The number of rotatable bonds is 6. The predicted molar refractivity (Wildman–Crippen MR) is 82.2 cm³/mol. The van der Waals surface area contributed by atoms with E-state index in [-0.39, 0.29) is 11.4 Å². The van der Waals surface area contributed by atoms with Crippen LogP contribution in [0.25, 0.3) is 11.3 Å². The van der Waals surface area contributed by atoms with Gasteiger partial charge in [0.05, 0.1) is 11.6 Å². The lowest BCUT2D eigenvalue weighted by Gasteiger charge is -2.14. The van der Waals surface area contributed by atoms with Crippen molar-refractivity contribution in [3.05, 3.63) is 58.4 Å². The topological polar surface area (TPSA) is 31.2 Å². The molecule has 1 aromatic heterocycles. The van der Waals surface area contributed by atoms with Gasteiger partial charge in [-0.15, -0.1) is 11.6 Å². The Balaban J connectivity index is 2.45. The normalized spacial score (nSPS) is 10.7. The van der Waals surface area contributed by atoms with Crippen LogP contribution in [0.5, 0.6) is 0 Å². The number of alkyl halides is 1. The van der Waals surface area contributed by atoms with E-state index in [4.69, 9.17) is 16.3 Å². The van der Waals surface area contributed by atoms with E-state index >= 15 is 0 Å². The smallest absolute Gasteiger partial charge is 0.255 e. The zero-order valence-corrected chi connectivity index (χ0v) is 12.3. The second-order valence-electron chi connectivity index (χ2n) is 4.55. The molecule has 0 atom stereocenters. The molecule has 4 heteroatoms. The third kappa shape index (κ3) is 3.30. The maximum Gasteiger partial charge on any atom is 0.255 e. The van der Waals surface area contributed by atoms with Gasteiger partial charge in [-0.2, -0.15) is 0 Å². The molecule has 2 aromatic rings. The van der Waals surface area contributed by atoms with Crippen molar-refractivity contribution in [1.82, 2.24) is 4.57 Å². The Morgan fingerprint density at radius 1 is 1.15 bits per heavy atom. The van der Waals surface area contributed by atoms with Crippen LogP contribution in [0, 0.1) is 0 Å². The molecular weight excluding hydrogens is 274 g/mol. The van der Waals surface area contributed by atoms with Crippen molar-refractivity contribution in [3.63, 3.8) is 0 Å². The number of ether oxygens (including phenoxy) is 1. The highest BCUT2D eigenvalue weighted by Crippen LogP contribution is 2.18. The van der Waals surface area contributed by atoms with Gasteiger partial charge in [0.25, 0.3) is 5.56 Å². The molecule has 0 spiro atoms. The summed E-state index contributed by atoms with van der Waals surface area (Å²) in [5, 5.41) is 0. The fraction of sp³-hybridized carbons (Fsp3) is 0.312. The van der Waals surface area contributed by atoms with Crippen molar-refractivity contribution in [3.8, 4) is 11.3 Å². The Kier molecular flexibility index (Phi) is 5.39. The summed E-state index contributed by atoms with van der Waals surface area (Å²) >= 11 is 5.83. The Labute approximate surface area is 123 Å². The number of hydrogen-bond donors (Lipinski definition) is 0. The van der Waals surface area contributed by atoms with Gasteiger partial charge in [0.1, 0.15) is 0 Å². The van der Waals surface area contributed by atoms with Crippen LogP contribution in [-0.4, -0.2) is 18.3 Å². The van der Waals surface area contributed by atoms with Crippen molar-refractivity contribution in [1.29, 1.82) is 0 Å². The molecule has 106 valence electrons. The summed E-state index contributed by atoms with van der Waals surface area (Å²) < 4.78 is 6.85. The second-order valence-corrected chi connectivity index (χ2v) is 4.81. The Bertz CT molecular complexity index is 608. The highest BCUT2D eigenvalue weighted by atomic mass is 35.5. The molecule has 3 nitrogen and oxygen atoms in total. The van der Waals surface area contributed by atoms with Crippen molar-refractivity contribution in [2.24, 2.45) is 0 Å². The van der Waals surface area contributed by atoms with Crippen LogP contribution in [0.4, 0.5) is 0 Å². The third-order valence-corrected chi connectivity index (χ3v) is 3.48. The molecular formula is C16H18ClNO2. The molecule has 2 rings (SSSR count). The molecule has 0 amide bonds. The second kappa shape index (κ2) is 7.27. The lowest BCUT2D eigenvalue weighted by atomic mass is 10.1. The minimum absolute atomic E-state index is 0.0162. The van der Waals surface area contributed by atoms with Gasteiger partial charge >= 0.3 is 0 Å². The average molecular weight is 292 g/mol. The average Bonchev–Trinajstić information content (AvgIpc) is 2.50. The van der Waals surface area contributed by atoms with Crippen LogP contribution in [0.15, 0.2) is 47.3 Å². The first-order chi connectivity index (χ1) is 9.77. The summed E-state index contributed by atoms with van der Waals surface area (Å²) in [5.74, 6) is 0.234. The predicted octanol–water partition coefficient (Wildman–Crippen LogP) is 3.29. The zero-order valence-electron chi connectivity index (χ0n) is 11.5. The van der Waals surface area contributed by atoms with E-state index in [1.807, 2.05) is 42.5 Å². The molecule has 20 heavy (non-hydrogen) atoms. The van der Waals surface area contributed by atoms with Crippen LogP contribution in [0.1, 0.15) is 12.0 Å². The summed E-state index contributed by atoms with van der Waals surface area (Å²) in [4.78, 5) is 12.4. The van der Waals surface area contributed by atoms with Gasteiger partial charge in [-0.1, -0.05) is 36.4 Å². The number of hydrogen-bond acceptors (Lipinski definition) is 2. The van der Waals surface area contributed by atoms with Gasteiger partial charge in [0, 0.05) is 25.8 Å². The lowest BCUT2D eigenvalue weighted by Crippen LogP contribution is -2.25. The quantitative estimate of drug-likeness (QED) is 0.604. The number of methoxy groups -OCH3 is 1. The first-order valence-electron chi connectivity index (χ1n) is 6.61. The molecule has 0 aliphatic carbocycles. The molecule has 0 radical (unpaired) electrons. The van der Waals surface area contributed by atoms with Gasteiger partial charge in [0.15, 0.2) is 0 Å². The molecule has 0 bridgehead atoms. The number of pyridine rings is 1. The van der Waals surface area contributed by atoms with E-state index in [1.54, 1.807) is 11.7 Å². The largest absolute Gasteiger partial charge is 0.385 e. The van der Waals surface area contributed by atoms with Crippen LogP contribution in [0.3, 0.4) is 0 Å². The zero-order chi connectivity index (χ0) is 14.4. The Morgan fingerprint density at radius 2 is 1.90 bits per heavy atom. The molecule has 0 aliphatic heterocycles. The van der Waals surface area contributed by atoms with Gasteiger partial charge in [-0.05, 0) is 18.1 Å². The Hall–Kier alpha value is -1.58. The standard InChI is InChI=1S/C16H18ClNO2/c1-20-11-5-10-18-15(13-6-3-2-4-7-13)9-8-14(12-17)16(18)19/h2-4,6-9H,5,10-12H2,1H3. The molecule has 0 N–H and O–H groups in total. The van der Waals surface area contributed by atoms with E-state index in [9.17, 15) is 4.79 Å². The van der Waals surface area contributed by atoms with E-state index in [2.05, 4.69) is 0 Å². The SMILES string of the molecule is COCCCn1c(-c2ccccc2)ccc(CCl)c1=O. The fourth-order valence-corrected chi connectivity index (χ4v) is 2.38. The summed E-state index contributed by atoms with van der Waals surface area (Å²) in [7, 11) is 1.66. The first kappa shape index (κ1) is 14.8.